The van der Waals surface area contributed by atoms with Gasteiger partial charge >= 0.3 is 5.97 Å². The van der Waals surface area contributed by atoms with Gasteiger partial charge in [0.25, 0.3) is 5.91 Å². The van der Waals surface area contributed by atoms with Crippen LogP contribution < -0.4 is 5.32 Å². The predicted octanol–water partition coefficient (Wildman–Crippen LogP) is 1.99. The molecule has 1 saturated carbocycles. The second kappa shape index (κ2) is 7.22. The van der Waals surface area contributed by atoms with E-state index in [0.717, 1.165) is 18.4 Å². The number of aliphatic carboxylic acids is 1. The summed E-state index contributed by atoms with van der Waals surface area (Å²) in [6, 6.07) is 9.26. The molecule has 1 aliphatic rings. The molecule has 3 atom stereocenters. The Labute approximate surface area is 124 Å². The summed E-state index contributed by atoms with van der Waals surface area (Å²) in [6.45, 7) is 0.391. The van der Waals surface area contributed by atoms with Gasteiger partial charge < -0.3 is 15.2 Å². The molecule has 0 aromatic heterocycles. The average Bonchev–Trinajstić information content (AvgIpc) is 2.95. The summed E-state index contributed by atoms with van der Waals surface area (Å²) >= 11 is 0. The third-order valence-electron chi connectivity index (χ3n) is 4.09. The standard InChI is InChI=1S/C16H21NO4/c1-21-14(11-6-3-2-4-7-11)15(18)17-10-12-8-5-9-13(12)16(19)20/h2-4,6-7,12-14H,5,8-10H2,1H3,(H,17,18)(H,19,20). The number of methoxy groups -OCH3 is 1. The van der Waals surface area contributed by atoms with Crippen LogP contribution in [0.15, 0.2) is 30.3 Å². The molecule has 1 aromatic rings. The van der Waals surface area contributed by atoms with Crippen LogP contribution in [0.5, 0.6) is 0 Å². The number of hydrogen-bond donors (Lipinski definition) is 2. The minimum absolute atomic E-state index is 0.0136. The van der Waals surface area contributed by atoms with Crippen molar-refractivity contribution in [2.75, 3.05) is 13.7 Å². The van der Waals surface area contributed by atoms with Gasteiger partial charge in [0.05, 0.1) is 5.92 Å². The van der Waals surface area contributed by atoms with E-state index in [9.17, 15) is 9.59 Å². The van der Waals surface area contributed by atoms with Gasteiger partial charge in [-0.05, 0) is 24.3 Å². The molecule has 0 aliphatic heterocycles. The van der Waals surface area contributed by atoms with E-state index >= 15 is 0 Å². The molecule has 21 heavy (non-hydrogen) atoms. The number of rotatable bonds is 6. The summed E-state index contributed by atoms with van der Waals surface area (Å²) in [5.41, 5.74) is 0.790. The van der Waals surface area contributed by atoms with Crippen LogP contribution in [0.2, 0.25) is 0 Å². The molecule has 1 aromatic carbocycles. The fourth-order valence-electron chi connectivity index (χ4n) is 2.95. The molecule has 1 amide bonds. The van der Waals surface area contributed by atoms with Crippen molar-refractivity contribution in [3.05, 3.63) is 35.9 Å². The van der Waals surface area contributed by atoms with E-state index in [4.69, 9.17) is 9.84 Å². The van der Waals surface area contributed by atoms with Gasteiger partial charge in [-0.2, -0.15) is 0 Å². The molecule has 5 nitrogen and oxygen atoms in total. The van der Waals surface area contributed by atoms with E-state index in [0.29, 0.717) is 13.0 Å². The highest BCUT2D eigenvalue weighted by atomic mass is 16.5. The van der Waals surface area contributed by atoms with E-state index in [1.807, 2.05) is 30.3 Å². The molecule has 114 valence electrons. The van der Waals surface area contributed by atoms with Gasteiger partial charge in [0.15, 0.2) is 6.10 Å². The lowest BCUT2D eigenvalue weighted by Gasteiger charge is -2.19. The van der Waals surface area contributed by atoms with Gasteiger partial charge in [0, 0.05) is 13.7 Å². The average molecular weight is 291 g/mol. The molecular formula is C16H21NO4. The van der Waals surface area contributed by atoms with Crippen LogP contribution in [-0.4, -0.2) is 30.6 Å². The Balaban J connectivity index is 1.93. The molecule has 0 radical (unpaired) electrons. The van der Waals surface area contributed by atoms with Crippen LogP contribution >= 0.6 is 0 Å². The number of nitrogens with one attached hydrogen (secondary N) is 1. The number of carboxylic acid groups (broad SMARTS) is 1. The summed E-state index contributed by atoms with van der Waals surface area (Å²) < 4.78 is 5.26. The number of amides is 1. The molecule has 3 unspecified atom stereocenters. The monoisotopic (exact) mass is 291 g/mol. The molecule has 1 fully saturated rings. The predicted molar refractivity (Wildman–Crippen MR) is 77.7 cm³/mol. The van der Waals surface area contributed by atoms with Gasteiger partial charge in [-0.15, -0.1) is 0 Å². The third kappa shape index (κ3) is 3.82. The van der Waals surface area contributed by atoms with Gasteiger partial charge in [-0.25, -0.2) is 0 Å². The highest BCUT2D eigenvalue weighted by Crippen LogP contribution is 2.31. The molecular weight excluding hydrogens is 270 g/mol. The fourth-order valence-corrected chi connectivity index (χ4v) is 2.95. The smallest absolute Gasteiger partial charge is 0.306 e. The van der Waals surface area contributed by atoms with E-state index in [1.54, 1.807) is 0 Å². The van der Waals surface area contributed by atoms with Crippen molar-refractivity contribution in [2.45, 2.75) is 25.4 Å². The van der Waals surface area contributed by atoms with Crippen LogP contribution in [-0.2, 0) is 14.3 Å². The number of hydrogen-bond acceptors (Lipinski definition) is 3. The molecule has 0 saturated heterocycles. The zero-order chi connectivity index (χ0) is 15.2. The van der Waals surface area contributed by atoms with Crippen LogP contribution in [0.3, 0.4) is 0 Å². The highest BCUT2D eigenvalue weighted by molar-refractivity contribution is 5.82. The number of carbonyl (C=O) groups is 2. The highest BCUT2D eigenvalue weighted by Gasteiger charge is 2.33. The van der Waals surface area contributed by atoms with E-state index in [-0.39, 0.29) is 17.7 Å². The van der Waals surface area contributed by atoms with E-state index in [2.05, 4.69) is 5.32 Å². The van der Waals surface area contributed by atoms with Gasteiger partial charge in [-0.1, -0.05) is 36.8 Å². The quantitative estimate of drug-likeness (QED) is 0.840. The van der Waals surface area contributed by atoms with Crippen LogP contribution in [0, 0.1) is 11.8 Å². The van der Waals surface area contributed by atoms with Crippen LogP contribution in [0.25, 0.3) is 0 Å². The molecule has 1 aliphatic carbocycles. The van der Waals surface area contributed by atoms with Crippen molar-refractivity contribution in [2.24, 2.45) is 11.8 Å². The third-order valence-corrected chi connectivity index (χ3v) is 4.09. The largest absolute Gasteiger partial charge is 0.481 e. The number of benzene rings is 1. The maximum Gasteiger partial charge on any atom is 0.306 e. The Hall–Kier alpha value is -1.88. The lowest BCUT2D eigenvalue weighted by atomic mass is 9.96. The summed E-state index contributed by atoms with van der Waals surface area (Å²) in [7, 11) is 1.49. The zero-order valence-corrected chi connectivity index (χ0v) is 12.1. The molecule has 0 bridgehead atoms. The van der Waals surface area contributed by atoms with Gasteiger partial charge in [-0.3, -0.25) is 9.59 Å². The summed E-state index contributed by atoms with van der Waals surface area (Å²) in [5.74, 6) is -1.32. The van der Waals surface area contributed by atoms with Gasteiger partial charge in [0.2, 0.25) is 0 Å². The maximum absolute atomic E-state index is 12.2. The fraction of sp³-hybridized carbons (Fsp3) is 0.500. The molecule has 0 spiro atoms. The van der Waals surface area contributed by atoms with Crippen molar-refractivity contribution >= 4 is 11.9 Å². The minimum atomic E-state index is -0.766. The lowest BCUT2D eigenvalue weighted by molar-refractivity contribution is -0.143. The van der Waals surface area contributed by atoms with E-state index < -0.39 is 12.1 Å². The zero-order valence-electron chi connectivity index (χ0n) is 12.1. The number of ether oxygens (including phenoxy) is 1. The maximum atomic E-state index is 12.2. The van der Waals surface area contributed by atoms with Crippen molar-refractivity contribution in [1.29, 1.82) is 0 Å². The molecule has 2 rings (SSSR count). The molecule has 2 N–H and O–H groups in total. The molecule has 5 heteroatoms. The SMILES string of the molecule is COC(C(=O)NCC1CCCC1C(=O)O)c1ccccc1. The van der Waals surface area contributed by atoms with Crippen molar-refractivity contribution in [3.63, 3.8) is 0 Å². The van der Waals surface area contributed by atoms with Crippen LogP contribution in [0.1, 0.15) is 30.9 Å². The Morgan fingerprint density at radius 1 is 1.33 bits per heavy atom. The second-order valence-electron chi connectivity index (χ2n) is 5.41. The molecule has 0 heterocycles. The van der Waals surface area contributed by atoms with Crippen molar-refractivity contribution in [3.8, 4) is 0 Å². The first-order chi connectivity index (χ1) is 10.1. The first-order valence-electron chi connectivity index (χ1n) is 7.21. The number of carboxylic acids is 1. The Bertz CT molecular complexity index is 488. The Morgan fingerprint density at radius 2 is 2.05 bits per heavy atom. The summed E-state index contributed by atoms with van der Waals surface area (Å²) in [6.07, 6.45) is 1.79. The summed E-state index contributed by atoms with van der Waals surface area (Å²) in [4.78, 5) is 23.4. The Kier molecular flexibility index (Phi) is 5.33. The minimum Gasteiger partial charge on any atom is -0.481 e. The first kappa shape index (κ1) is 15.5. The summed E-state index contributed by atoms with van der Waals surface area (Å²) in [5, 5.41) is 12.0. The number of carbonyl (C=O) groups excluding carboxylic acids is 1. The van der Waals surface area contributed by atoms with Crippen LogP contribution in [0.4, 0.5) is 0 Å². The van der Waals surface area contributed by atoms with E-state index in [1.165, 1.54) is 7.11 Å². The Morgan fingerprint density at radius 3 is 2.67 bits per heavy atom. The second-order valence-corrected chi connectivity index (χ2v) is 5.41. The lowest BCUT2D eigenvalue weighted by Crippen LogP contribution is -2.36. The normalized spacial score (nSPS) is 22.7. The van der Waals surface area contributed by atoms with Crippen molar-refractivity contribution in [1.82, 2.24) is 5.32 Å². The van der Waals surface area contributed by atoms with Gasteiger partial charge in [0.1, 0.15) is 0 Å². The topological polar surface area (TPSA) is 75.6 Å². The first-order valence-corrected chi connectivity index (χ1v) is 7.21. The van der Waals surface area contributed by atoms with Crippen molar-refractivity contribution < 1.29 is 19.4 Å².